The first kappa shape index (κ1) is 15.5. The Balaban J connectivity index is 2.03. The number of amides is 1. The number of pyridine rings is 1. The minimum atomic E-state index is -0.715. The highest BCUT2D eigenvalue weighted by atomic mass is 79.9. The largest absolute Gasteiger partial charge is 0.444 e. The molecule has 1 amide bonds. The van der Waals surface area contributed by atoms with Gasteiger partial charge in [-0.3, -0.25) is 10.1 Å². The lowest BCUT2D eigenvalue weighted by molar-refractivity contribution is 0.112. The molecule has 0 radical (unpaired) electrons. The van der Waals surface area contributed by atoms with E-state index in [0.29, 0.717) is 10.8 Å². The van der Waals surface area contributed by atoms with Gasteiger partial charge in [-0.15, -0.1) is 0 Å². The molecule has 1 N–H and O–H groups in total. The van der Waals surface area contributed by atoms with Crippen LogP contribution in [0.4, 0.5) is 10.6 Å². The van der Waals surface area contributed by atoms with Gasteiger partial charge in [0.1, 0.15) is 12.4 Å². The Morgan fingerprint density at radius 3 is 2.76 bits per heavy atom. The Kier molecular flexibility index (Phi) is 5.30. The third kappa shape index (κ3) is 4.03. The van der Waals surface area contributed by atoms with Crippen LogP contribution in [0.1, 0.15) is 15.9 Å². The maximum Gasteiger partial charge on any atom is 0.413 e. The Bertz CT molecular complexity index is 665. The third-order valence-corrected chi connectivity index (χ3v) is 3.80. The molecule has 0 saturated carbocycles. The van der Waals surface area contributed by atoms with Crippen molar-refractivity contribution in [3.63, 3.8) is 0 Å². The number of aldehydes is 1. The van der Waals surface area contributed by atoms with Gasteiger partial charge in [-0.2, -0.15) is 0 Å². The number of carbonyl (C=O) groups is 2. The standard InChI is InChI=1S/C14H10BrClN2O3/c15-11-6-17-13(10(7-19)12(11)16)18-14(20)21-8-9-4-2-1-3-5-9/h1-7H,8H2,(H,17,18,20). The summed E-state index contributed by atoms with van der Waals surface area (Å²) in [4.78, 5) is 26.7. The normalized spacial score (nSPS) is 10.0. The summed E-state index contributed by atoms with van der Waals surface area (Å²) in [5, 5.41) is 2.57. The second-order valence-electron chi connectivity index (χ2n) is 3.99. The van der Waals surface area contributed by atoms with E-state index in [1.807, 2.05) is 30.3 Å². The molecule has 0 saturated heterocycles. The highest BCUT2D eigenvalue weighted by Gasteiger charge is 2.14. The molecule has 0 aliphatic carbocycles. The summed E-state index contributed by atoms with van der Waals surface area (Å²) in [6.45, 7) is 0.118. The Hall–Kier alpha value is -1.92. The zero-order valence-corrected chi connectivity index (χ0v) is 13.0. The smallest absolute Gasteiger partial charge is 0.413 e. The second-order valence-corrected chi connectivity index (χ2v) is 5.22. The first-order chi connectivity index (χ1) is 10.1. The molecule has 1 heterocycles. The molecular formula is C14H10BrClN2O3. The van der Waals surface area contributed by atoms with Gasteiger partial charge in [0.25, 0.3) is 0 Å². The molecule has 21 heavy (non-hydrogen) atoms. The van der Waals surface area contributed by atoms with Gasteiger partial charge >= 0.3 is 6.09 Å². The average molecular weight is 370 g/mol. The van der Waals surface area contributed by atoms with E-state index in [9.17, 15) is 9.59 Å². The van der Waals surface area contributed by atoms with Gasteiger partial charge in [-0.05, 0) is 21.5 Å². The summed E-state index contributed by atoms with van der Waals surface area (Å²) < 4.78 is 5.51. The van der Waals surface area contributed by atoms with Crippen LogP contribution in [0.3, 0.4) is 0 Å². The van der Waals surface area contributed by atoms with Crippen LogP contribution in [0.2, 0.25) is 5.02 Å². The monoisotopic (exact) mass is 368 g/mol. The summed E-state index contributed by atoms with van der Waals surface area (Å²) >= 11 is 9.10. The van der Waals surface area contributed by atoms with Crippen LogP contribution in [0.25, 0.3) is 0 Å². The Labute approximate surface area is 134 Å². The second kappa shape index (κ2) is 7.19. The van der Waals surface area contributed by atoms with Gasteiger partial charge in [0.05, 0.1) is 15.1 Å². The zero-order chi connectivity index (χ0) is 15.2. The zero-order valence-electron chi connectivity index (χ0n) is 10.7. The number of rotatable bonds is 4. The highest BCUT2D eigenvalue weighted by molar-refractivity contribution is 9.10. The predicted octanol–water partition coefficient (Wildman–Crippen LogP) is 4.06. The predicted molar refractivity (Wildman–Crippen MR) is 82.6 cm³/mol. The number of ether oxygens (including phenoxy) is 1. The van der Waals surface area contributed by atoms with Gasteiger partial charge in [0.2, 0.25) is 0 Å². The summed E-state index contributed by atoms with van der Waals surface area (Å²) in [6, 6.07) is 9.22. The Morgan fingerprint density at radius 2 is 2.10 bits per heavy atom. The van der Waals surface area contributed by atoms with E-state index in [1.165, 1.54) is 6.20 Å². The van der Waals surface area contributed by atoms with Crippen LogP contribution in [-0.2, 0) is 11.3 Å². The fraction of sp³-hybridized carbons (Fsp3) is 0.0714. The van der Waals surface area contributed by atoms with Crippen molar-refractivity contribution in [2.24, 2.45) is 0 Å². The summed E-state index contributed by atoms with van der Waals surface area (Å²) in [5.41, 5.74) is 0.938. The molecule has 5 nitrogen and oxygen atoms in total. The molecule has 0 unspecified atom stereocenters. The minimum Gasteiger partial charge on any atom is -0.444 e. The molecular weight excluding hydrogens is 360 g/mol. The average Bonchev–Trinajstić information content (AvgIpc) is 2.50. The van der Waals surface area contributed by atoms with E-state index >= 15 is 0 Å². The number of anilines is 1. The summed E-state index contributed by atoms with van der Waals surface area (Å²) in [7, 11) is 0. The molecule has 0 spiro atoms. The number of halogens is 2. The van der Waals surface area contributed by atoms with Crippen molar-refractivity contribution >= 4 is 45.7 Å². The molecule has 7 heteroatoms. The number of hydrogen-bond acceptors (Lipinski definition) is 4. The van der Waals surface area contributed by atoms with E-state index < -0.39 is 6.09 Å². The van der Waals surface area contributed by atoms with E-state index in [2.05, 4.69) is 26.2 Å². The van der Waals surface area contributed by atoms with Gasteiger partial charge in [-0.1, -0.05) is 41.9 Å². The van der Waals surface area contributed by atoms with Crippen LogP contribution in [0.5, 0.6) is 0 Å². The molecule has 1 aromatic heterocycles. The van der Waals surface area contributed by atoms with Crippen molar-refractivity contribution in [3.8, 4) is 0 Å². The van der Waals surface area contributed by atoms with Crippen molar-refractivity contribution < 1.29 is 14.3 Å². The number of nitrogens with zero attached hydrogens (tertiary/aromatic N) is 1. The van der Waals surface area contributed by atoms with E-state index in [1.54, 1.807) is 0 Å². The number of aromatic nitrogens is 1. The lowest BCUT2D eigenvalue weighted by Crippen LogP contribution is -2.16. The third-order valence-electron chi connectivity index (χ3n) is 2.56. The highest BCUT2D eigenvalue weighted by Crippen LogP contribution is 2.28. The molecule has 108 valence electrons. The van der Waals surface area contributed by atoms with Crippen LogP contribution in [0, 0.1) is 0 Å². The maximum atomic E-state index is 11.7. The van der Waals surface area contributed by atoms with E-state index in [0.717, 1.165) is 5.56 Å². The van der Waals surface area contributed by atoms with Crippen LogP contribution < -0.4 is 5.32 Å². The van der Waals surface area contributed by atoms with Crippen LogP contribution in [-0.4, -0.2) is 17.4 Å². The van der Waals surface area contributed by atoms with Crippen molar-refractivity contribution in [1.29, 1.82) is 0 Å². The molecule has 0 aliphatic rings. The summed E-state index contributed by atoms with van der Waals surface area (Å²) in [5.74, 6) is 0.0521. The van der Waals surface area contributed by atoms with E-state index in [4.69, 9.17) is 16.3 Å². The number of benzene rings is 1. The van der Waals surface area contributed by atoms with Crippen LogP contribution >= 0.6 is 27.5 Å². The molecule has 1 aromatic carbocycles. The van der Waals surface area contributed by atoms with Gasteiger partial charge in [0, 0.05) is 6.20 Å². The van der Waals surface area contributed by atoms with Gasteiger partial charge < -0.3 is 4.74 Å². The molecule has 0 bridgehead atoms. The fourth-order valence-corrected chi connectivity index (χ4v) is 2.04. The first-order valence-electron chi connectivity index (χ1n) is 5.88. The number of hydrogen-bond donors (Lipinski definition) is 1. The molecule has 0 aliphatic heterocycles. The molecule has 0 fully saturated rings. The molecule has 0 atom stereocenters. The van der Waals surface area contributed by atoms with Crippen molar-refractivity contribution in [2.45, 2.75) is 6.61 Å². The minimum absolute atomic E-state index is 0.0521. The number of nitrogens with one attached hydrogen (secondary N) is 1. The number of carbonyl (C=O) groups excluding carboxylic acids is 2. The maximum absolute atomic E-state index is 11.7. The fourth-order valence-electron chi connectivity index (χ4n) is 1.54. The first-order valence-corrected chi connectivity index (χ1v) is 7.05. The molecule has 2 rings (SSSR count). The van der Waals surface area contributed by atoms with Crippen LogP contribution in [0.15, 0.2) is 41.0 Å². The van der Waals surface area contributed by atoms with E-state index in [-0.39, 0.29) is 23.0 Å². The molecule has 2 aromatic rings. The summed E-state index contributed by atoms with van der Waals surface area (Å²) in [6.07, 6.45) is 1.20. The lowest BCUT2D eigenvalue weighted by Gasteiger charge is -2.09. The van der Waals surface area contributed by atoms with Crippen molar-refractivity contribution in [3.05, 3.63) is 57.2 Å². The van der Waals surface area contributed by atoms with Crippen molar-refractivity contribution in [2.75, 3.05) is 5.32 Å². The van der Waals surface area contributed by atoms with Gasteiger partial charge in [-0.25, -0.2) is 9.78 Å². The SMILES string of the molecule is O=Cc1c(NC(=O)OCc2ccccc2)ncc(Br)c1Cl. The van der Waals surface area contributed by atoms with Gasteiger partial charge in [0.15, 0.2) is 6.29 Å². The van der Waals surface area contributed by atoms with Crippen molar-refractivity contribution in [1.82, 2.24) is 4.98 Å². The lowest BCUT2D eigenvalue weighted by atomic mass is 10.2. The quantitative estimate of drug-likeness (QED) is 0.825. The Morgan fingerprint density at radius 1 is 1.38 bits per heavy atom. The topological polar surface area (TPSA) is 68.3 Å².